The Balaban J connectivity index is 1.86. The maximum Gasteiger partial charge on any atom is 0.225 e. The summed E-state index contributed by atoms with van der Waals surface area (Å²) in [5, 5.41) is 15.4. The fraction of sp³-hybridized carbons (Fsp3) is 0.208. The summed E-state index contributed by atoms with van der Waals surface area (Å²) in [5.41, 5.74) is 1.95. The van der Waals surface area contributed by atoms with Crippen molar-refractivity contribution in [2.45, 2.75) is 19.1 Å². The lowest BCUT2D eigenvalue weighted by Gasteiger charge is -2.13. The number of methoxy groups -OCH3 is 1. The fourth-order valence-corrected chi connectivity index (χ4v) is 3.54. The lowest BCUT2D eigenvalue weighted by molar-refractivity contribution is 0.175. The molecule has 1 N–H and O–H groups in total. The molecule has 32 heavy (non-hydrogen) atoms. The SMILES string of the molecule is C=CCC(O)c1nn(C)c(Oc2cc(OCc3ccc(OC)cc3)c(Cl)cc2Cl)c1C=C. The zero-order chi connectivity index (χ0) is 23.3. The Morgan fingerprint density at radius 2 is 1.81 bits per heavy atom. The molecule has 0 fully saturated rings. The molecule has 3 rings (SSSR count). The van der Waals surface area contributed by atoms with Crippen molar-refractivity contribution < 1.29 is 19.3 Å². The molecule has 0 aliphatic carbocycles. The summed E-state index contributed by atoms with van der Waals surface area (Å²) in [6.45, 7) is 7.77. The summed E-state index contributed by atoms with van der Waals surface area (Å²) in [6, 6.07) is 10.7. The van der Waals surface area contributed by atoms with Crippen LogP contribution < -0.4 is 14.2 Å². The van der Waals surface area contributed by atoms with Crippen LogP contribution in [0.1, 0.15) is 29.3 Å². The van der Waals surface area contributed by atoms with Gasteiger partial charge < -0.3 is 19.3 Å². The van der Waals surface area contributed by atoms with Gasteiger partial charge in [-0.2, -0.15) is 5.10 Å². The van der Waals surface area contributed by atoms with E-state index in [9.17, 15) is 5.11 Å². The van der Waals surface area contributed by atoms with Crippen molar-refractivity contribution in [1.29, 1.82) is 0 Å². The maximum absolute atomic E-state index is 10.4. The van der Waals surface area contributed by atoms with Crippen molar-refractivity contribution in [1.82, 2.24) is 9.78 Å². The van der Waals surface area contributed by atoms with Crippen LogP contribution in [0.15, 0.2) is 55.6 Å². The Labute approximate surface area is 197 Å². The van der Waals surface area contributed by atoms with Crippen LogP contribution in [0.3, 0.4) is 0 Å². The first-order valence-electron chi connectivity index (χ1n) is 9.78. The lowest BCUT2D eigenvalue weighted by Crippen LogP contribution is -2.00. The van der Waals surface area contributed by atoms with Crippen LogP contribution in [0, 0.1) is 0 Å². The van der Waals surface area contributed by atoms with Crippen molar-refractivity contribution in [2.24, 2.45) is 7.05 Å². The average Bonchev–Trinajstić information content (AvgIpc) is 3.10. The first-order chi connectivity index (χ1) is 15.4. The van der Waals surface area contributed by atoms with E-state index in [0.29, 0.717) is 51.7 Å². The highest BCUT2D eigenvalue weighted by Gasteiger charge is 2.22. The summed E-state index contributed by atoms with van der Waals surface area (Å²) in [6.07, 6.45) is 2.72. The van der Waals surface area contributed by atoms with Crippen LogP contribution in [0.2, 0.25) is 10.0 Å². The van der Waals surface area contributed by atoms with E-state index in [1.165, 1.54) is 4.68 Å². The van der Waals surface area contributed by atoms with Crippen LogP contribution >= 0.6 is 23.2 Å². The van der Waals surface area contributed by atoms with E-state index >= 15 is 0 Å². The number of benzene rings is 2. The van der Waals surface area contributed by atoms with E-state index in [-0.39, 0.29) is 0 Å². The van der Waals surface area contributed by atoms with Gasteiger partial charge in [-0.25, -0.2) is 4.68 Å². The predicted octanol–water partition coefficient (Wildman–Crippen LogP) is 6.36. The summed E-state index contributed by atoms with van der Waals surface area (Å²) in [5.74, 6) is 1.89. The summed E-state index contributed by atoms with van der Waals surface area (Å²) < 4.78 is 18.6. The van der Waals surface area contributed by atoms with Gasteiger partial charge in [0.05, 0.1) is 22.7 Å². The van der Waals surface area contributed by atoms with E-state index in [4.69, 9.17) is 37.4 Å². The second kappa shape index (κ2) is 10.6. The van der Waals surface area contributed by atoms with E-state index < -0.39 is 6.10 Å². The van der Waals surface area contributed by atoms with Crippen molar-refractivity contribution in [3.8, 4) is 23.1 Å². The zero-order valence-electron chi connectivity index (χ0n) is 17.8. The molecule has 0 spiro atoms. The topological polar surface area (TPSA) is 65.7 Å². The summed E-state index contributed by atoms with van der Waals surface area (Å²) >= 11 is 12.7. The molecule has 1 unspecified atom stereocenters. The van der Waals surface area contributed by atoms with Gasteiger partial charge in [-0.1, -0.05) is 54.1 Å². The zero-order valence-corrected chi connectivity index (χ0v) is 19.4. The van der Waals surface area contributed by atoms with Crippen LogP contribution in [0.4, 0.5) is 0 Å². The van der Waals surface area contributed by atoms with Gasteiger partial charge in [-0.3, -0.25) is 0 Å². The molecule has 0 bridgehead atoms. The van der Waals surface area contributed by atoms with E-state index in [1.54, 1.807) is 38.4 Å². The number of ether oxygens (including phenoxy) is 3. The molecule has 168 valence electrons. The van der Waals surface area contributed by atoms with Crippen molar-refractivity contribution in [2.75, 3.05) is 7.11 Å². The van der Waals surface area contributed by atoms with Crippen molar-refractivity contribution in [3.05, 3.63) is 82.5 Å². The number of rotatable bonds is 10. The van der Waals surface area contributed by atoms with Gasteiger partial charge in [0.1, 0.15) is 29.9 Å². The lowest BCUT2D eigenvalue weighted by atomic mass is 10.1. The molecule has 2 aromatic carbocycles. The Morgan fingerprint density at radius 3 is 2.44 bits per heavy atom. The first kappa shape index (κ1) is 23.7. The maximum atomic E-state index is 10.4. The average molecular weight is 475 g/mol. The Morgan fingerprint density at radius 1 is 1.12 bits per heavy atom. The van der Waals surface area contributed by atoms with Crippen molar-refractivity contribution in [3.63, 3.8) is 0 Å². The quantitative estimate of drug-likeness (QED) is 0.346. The van der Waals surface area contributed by atoms with Gasteiger partial charge in [-0.15, -0.1) is 6.58 Å². The molecule has 0 radical (unpaired) electrons. The van der Waals surface area contributed by atoms with Gasteiger partial charge in [0, 0.05) is 13.1 Å². The summed E-state index contributed by atoms with van der Waals surface area (Å²) in [4.78, 5) is 0. The largest absolute Gasteiger partial charge is 0.497 e. The van der Waals surface area contributed by atoms with Gasteiger partial charge in [0.15, 0.2) is 5.75 Å². The molecule has 0 amide bonds. The highest BCUT2D eigenvalue weighted by Crippen LogP contribution is 2.40. The number of hydrogen-bond donors (Lipinski definition) is 1. The fourth-order valence-electron chi connectivity index (χ4n) is 3.06. The highest BCUT2D eigenvalue weighted by molar-refractivity contribution is 6.36. The second-order valence-corrected chi connectivity index (χ2v) is 7.74. The predicted molar refractivity (Wildman–Crippen MR) is 127 cm³/mol. The molecule has 8 heteroatoms. The number of aryl methyl sites for hydroxylation is 1. The number of aliphatic hydroxyl groups excluding tert-OH is 1. The van der Waals surface area contributed by atoms with Crippen LogP contribution in [0.5, 0.6) is 23.1 Å². The van der Waals surface area contributed by atoms with Gasteiger partial charge >= 0.3 is 0 Å². The van der Waals surface area contributed by atoms with Gasteiger partial charge in [0.25, 0.3) is 0 Å². The normalized spacial score (nSPS) is 11.7. The van der Waals surface area contributed by atoms with Crippen molar-refractivity contribution >= 4 is 29.3 Å². The van der Waals surface area contributed by atoms with E-state index in [2.05, 4.69) is 18.3 Å². The minimum atomic E-state index is -0.826. The van der Waals surface area contributed by atoms with E-state index in [1.807, 2.05) is 24.3 Å². The Kier molecular flexibility index (Phi) is 7.85. The van der Waals surface area contributed by atoms with Crippen LogP contribution in [0.25, 0.3) is 6.08 Å². The third kappa shape index (κ3) is 5.27. The third-order valence-electron chi connectivity index (χ3n) is 4.71. The van der Waals surface area contributed by atoms with Crippen LogP contribution in [-0.4, -0.2) is 22.0 Å². The second-order valence-electron chi connectivity index (χ2n) is 6.92. The minimum Gasteiger partial charge on any atom is -0.497 e. The van der Waals surface area contributed by atoms with Crippen LogP contribution in [-0.2, 0) is 13.7 Å². The molecule has 1 heterocycles. The first-order valence-corrected chi connectivity index (χ1v) is 10.5. The number of aliphatic hydroxyl groups is 1. The van der Waals surface area contributed by atoms with Gasteiger partial charge in [0.2, 0.25) is 5.88 Å². The minimum absolute atomic E-state index is 0.298. The standard InChI is InChI=1S/C24H24Cl2N2O4/c1-5-7-20(29)23-17(6-2)24(28(3)27-23)32-22-13-21(18(25)12-19(22)26)31-14-15-8-10-16(30-4)11-9-15/h5-6,8-13,20,29H,1-2,7,14H2,3-4H3. The number of hydrogen-bond acceptors (Lipinski definition) is 5. The molecule has 0 saturated carbocycles. The summed E-state index contributed by atoms with van der Waals surface area (Å²) in [7, 11) is 3.32. The molecule has 0 aliphatic heterocycles. The molecule has 0 aliphatic rings. The molecule has 1 aromatic heterocycles. The smallest absolute Gasteiger partial charge is 0.225 e. The van der Waals surface area contributed by atoms with E-state index in [0.717, 1.165) is 11.3 Å². The number of nitrogens with zero attached hydrogens (tertiary/aromatic N) is 2. The molecule has 1 atom stereocenters. The molecule has 3 aromatic rings. The number of aromatic nitrogens is 2. The monoisotopic (exact) mass is 474 g/mol. The number of halogens is 2. The molecular formula is C24H24Cl2N2O4. The Bertz CT molecular complexity index is 1110. The molecule has 0 saturated heterocycles. The molecular weight excluding hydrogens is 451 g/mol. The third-order valence-corrected chi connectivity index (χ3v) is 5.30. The Hall–Kier alpha value is -2.93. The van der Waals surface area contributed by atoms with Gasteiger partial charge in [-0.05, 0) is 30.2 Å². The molecule has 6 nitrogen and oxygen atoms in total. The highest BCUT2D eigenvalue weighted by atomic mass is 35.5.